The van der Waals surface area contributed by atoms with Crippen molar-refractivity contribution < 1.29 is 14.3 Å². The molecule has 21 heavy (non-hydrogen) atoms. The monoisotopic (exact) mass is 325 g/mol. The molecule has 0 aliphatic heterocycles. The Morgan fingerprint density at radius 1 is 1.24 bits per heavy atom. The molecule has 0 bridgehead atoms. The van der Waals surface area contributed by atoms with Crippen LogP contribution in [0.1, 0.15) is 15.2 Å². The number of methoxy groups -OCH3 is 2. The van der Waals surface area contributed by atoms with Gasteiger partial charge in [0.1, 0.15) is 11.5 Å². The Bertz CT molecular complexity index is 642. The highest BCUT2D eigenvalue weighted by molar-refractivity contribution is 7.17. The lowest BCUT2D eigenvalue weighted by Crippen LogP contribution is -2.25. The van der Waals surface area contributed by atoms with Crippen LogP contribution in [0.4, 0.5) is 0 Å². The van der Waals surface area contributed by atoms with E-state index in [-0.39, 0.29) is 5.91 Å². The molecule has 1 aromatic heterocycles. The van der Waals surface area contributed by atoms with Gasteiger partial charge in [-0.25, -0.2) is 0 Å². The number of carbonyl (C=O) groups is 1. The maximum atomic E-state index is 12.3. The highest BCUT2D eigenvalue weighted by Crippen LogP contribution is 2.27. The van der Waals surface area contributed by atoms with Crippen LogP contribution in [0.5, 0.6) is 11.5 Å². The number of benzene rings is 1. The summed E-state index contributed by atoms with van der Waals surface area (Å²) in [5.41, 5.74) is 0.914. The van der Waals surface area contributed by atoms with Gasteiger partial charge in [0, 0.05) is 25.2 Å². The Balaban J connectivity index is 2.15. The van der Waals surface area contributed by atoms with Crippen LogP contribution in [0.3, 0.4) is 0 Å². The first-order valence-electron chi connectivity index (χ1n) is 6.27. The normalized spacial score (nSPS) is 10.3. The van der Waals surface area contributed by atoms with E-state index in [0.29, 0.717) is 21.5 Å². The minimum Gasteiger partial charge on any atom is -0.497 e. The number of amides is 1. The molecule has 0 atom stereocenters. The number of ether oxygens (including phenoxy) is 2. The average molecular weight is 326 g/mol. The van der Waals surface area contributed by atoms with E-state index < -0.39 is 0 Å². The van der Waals surface area contributed by atoms with Crippen molar-refractivity contribution >= 4 is 28.8 Å². The Hall–Kier alpha value is -1.72. The topological polar surface area (TPSA) is 38.8 Å². The smallest absolute Gasteiger partial charge is 0.264 e. The number of nitrogens with zero attached hydrogens (tertiary/aromatic N) is 1. The summed E-state index contributed by atoms with van der Waals surface area (Å²) < 4.78 is 11.1. The molecule has 0 unspecified atom stereocenters. The van der Waals surface area contributed by atoms with E-state index in [1.807, 2.05) is 12.1 Å². The van der Waals surface area contributed by atoms with E-state index in [9.17, 15) is 4.79 Å². The molecule has 1 heterocycles. The van der Waals surface area contributed by atoms with Crippen molar-refractivity contribution in [2.75, 3.05) is 21.3 Å². The fourth-order valence-electron chi connectivity index (χ4n) is 1.93. The minimum absolute atomic E-state index is 0.0650. The third-order valence-electron chi connectivity index (χ3n) is 3.03. The first-order valence-corrected chi connectivity index (χ1v) is 7.46. The molecule has 0 saturated carbocycles. The fourth-order valence-corrected chi connectivity index (χ4v) is 2.96. The lowest BCUT2D eigenvalue weighted by Gasteiger charge is -2.18. The van der Waals surface area contributed by atoms with E-state index in [1.165, 1.54) is 11.3 Å². The van der Waals surface area contributed by atoms with Gasteiger partial charge in [0.15, 0.2) is 0 Å². The van der Waals surface area contributed by atoms with Gasteiger partial charge >= 0.3 is 0 Å². The van der Waals surface area contributed by atoms with Crippen molar-refractivity contribution in [3.05, 3.63) is 45.1 Å². The standard InChI is InChI=1S/C15H16ClNO3S/c1-17(15(18)13-6-7-14(16)21-13)9-10-4-5-11(19-2)8-12(10)20-3/h4-8H,9H2,1-3H3. The van der Waals surface area contributed by atoms with Crippen molar-refractivity contribution in [3.63, 3.8) is 0 Å². The summed E-state index contributed by atoms with van der Waals surface area (Å²) >= 11 is 7.14. The minimum atomic E-state index is -0.0650. The van der Waals surface area contributed by atoms with E-state index in [0.717, 1.165) is 11.3 Å². The summed E-state index contributed by atoms with van der Waals surface area (Å²) in [5.74, 6) is 1.35. The zero-order valence-corrected chi connectivity index (χ0v) is 13.6. The first-order chi connectivity index (χ1) is 10.0. The summed E-state index contributed by atoms with van der Waals surface area (Å²) in [6, 6.07) is 9.00. The van der Waals surface area contributed by atoms with Crippen LogP contribution < -0.4 is 9.47 Å². The van der Waals surface area contributed by atoms with Gasteiger partial charge in [-0.05, 0) is 24.3 Å². The Labute approximate surface area is 132 Å². The highest BCUT2D eigenvalue weighted by Gasteiger charge is 2.16. The molecule has 0 spiro atoms. The average Bonchev–Trinajstić information content (AvgIpc) is 2.93. The molecule has 6 heteroatoms. The van der Waals surface area contributed by atoms with Crippen LogP contribution in [-0.4, -0.2) is 32.1 Å². The van der Waals surface area contributed by atoms with Crippen molar-refractivity contribution in [1.82, 2.24) is 4.90 Å². The Morgan fingerprint density at radius 2 is 2.00 bits per heavy atom. The van der Waals surface area contributed by atoms with E-state index in [2.05, 4.69) is 0 Å². The SMILES string of the molecule is COc1ccc(CN(C)C(=O)c2ccc(Cl)s2)c(OC)c1. The second-order valence-corrected chi connectivity index (χ2v) is 6.16. The molecular weight excluding hydrogens is 310 g/mol. The molecule has 0 aliphatic rings. The largest absolute Gasteiger partial charge is 0.497 e. The van der Waals surface area contributed by atoms with Crippen molar-refractivity contribution in [2.24, 2.45) is 0 Å². The molecule has 0 saturated heterocycles. The van der Waals surface area contributed by atoms with E-state index in [1.54, 1.807) is 44.4 Å². The number of hydrogen-bond acceptors (Lipinski definition) is 4. The van der Waals surface area contributed by atoms with E-state index >= 15 is 0 Å². The van der Waals surface area contributed by atoms with Gasteiger partial charge in [0.05, 0.1) is 23.4 Å². The molecule has 0 fully saturated rings. The van der Waals surface area contributed by atoms with Crippen LogP contribution in [0, 0.1) is 0 Å². The summed E-state index contributed by atoms with van der Waals surface area (Å²) in [6.45, 7) is 0.446. The van der Waals surface area contributed by atoms with Crippen LogP contribution in [0.2, 0.25) is 4.34 Å². The first kappa shape index (κ1) is 15.7. The molecule has 0 aliphatic carbocycles. The molecule has 4 nitrogen and oxygen atoms in total. The number of thiophene rings is 1. The summed E-state index contributed by atoms with van der Waals surface area (Å²) in [4.78, 5) is 14.5. The summed E-state index contributed by atoms with van der Waals surface area (Å²) in [6.07, 6.45) is 0. The van der Waals surface area contributed by atoms with Gasteiger partial charge in [0.2, 0.25) is 0 Å². The molecule has 112 valence electrons. The van der Waals surface area contributed by atoms with Gasteiger partial charge < -0.3 is 14.4 Å². The Kier molecular flexibility index (Phi) is 5.09. The quantitative estimate of drug-likeness (QED) is 0.841. The lowest BCUT2D eigenvalue weighted by atomic mass is 10.1. The molecule has 2 aromatic rings. The maximum absolute atomic E-state index is 12.3. The number of carbonyl (C=O) groups excluding carboxylic acids is 1. The van der Waals surface area contributed by atoms with Crippen molar-refractivity contribution in [2.45, 2.75) is 6.54 Å². The number of hydrogen-bond donors (Lipinski definition) is 0. The van der Waals surface area contributed by atoms with Crippen LogP contribution in [0.15, 0.2) is 30.3 Å². The van der Waals surface area contributed by atoms with Gasteiger partial charge in [-0.3, -0.25) is 4.79 Å². The van der Waals surface area contributed by atoms with Crippen molar-refractivity contribution in [3.8, 4) is 11.5 Å². The lowest BCUT2D eigenvalue weighted by molar-refractivity contribution is 0.0789. The van der Waals surface area contributed by atoms with E-state index in [4.69, 9.17) is 21.1 Å². The van der Waals surface area contributed by atoms with Gasteiger partial charge in [-0.2, -0.15) is 0 Å². The molecule has 2 rings (SSSR count). The Morgan fingerprint density at radius 3 is 2.57 bits per heavy atom. The number of rotatable bonds is 5. The predicted octanol–water partition coefficient (Wildman–Crippen LogP) is 3.69. The molecule has 0 N–H and O–H groups in total. The highest BCUT2D eigenvalue weighted by atomic mass is 35.5. The zero-order chi connectivity index (χ0) is 15.4. The van der Waals surface area contributed by atoms with Gasteiger partial charge in [-0.1, -0.05) is 11.6 Å². The van der Waals surface area contributed by atoms with Crippen LogP contribution >= 0.6 is 22.9 Å². The summed E-state index contributed by atoms with van der Waals surface area (Å²) in [7, 11) is 4.95. The number of halogens is 1. The zero-order valence-electron chi connectivity index (χ0n) is 12.1. The van der Waals surface area contributed by atoms with Gasteiger partial charge in [0.25, 0.3) is 5.91 Å². The summed E-state index contributed by atoms with van der Waals surface area (Å²) in [5, 5.41) is 0. The predicted molar refractivity (Wildman–Crippen MR) is 84.7 cm³/mol. The maximum Gasteiger partial charge on any atom is 0.264 e. The molecule has 0 radical (unpaired) electrons. The fraction of sp³-hybridized carbons (Fsp3) is 0.267. The third kappa shape index (κ3) is 3.68. The molecule has 1 aromatic carbocycles. The van der Waals surface area contributed by atoms with Crippen molar-refractivity contribution in [1.29, 1.82) is 0 Å². The molecule has 1 amide bonds. The second kappa shape index (κ2) is 6.83. The third-order valence-corrected chi connectivity index (χ3v) is 4.25. The molecular formula is C15H16ClNO3S. The second-order valence-electron chi connectivity index (χ2n) is 4.44. The van der Waals surface area contributed by atoms with Crippen LogP contribution in [-0.2, 0) is 6.54 Å². The van der Waals surface area contributed by atoms with Gasteiger partial charge in [-0.15, -0.1) is 11.3 Å². The van der Waals surface area contributed by atoms with Crippen LogP contribution in [0.25, 0.3) is 0 Å².